The summed E-state index contributed by atoms with van der Waals surface area (Å²) in [5.74, 6) is -0.232. The first-order valence-corrected chi connectivity index (χ1v) is 10.8. The molecule has 0 aliphatic heterocycles. The van der Waals surface area contributed by atoms with Gasteiger partial charge in [-0.1, -0.05) is 18.2 Å². The third kappa shape index (κ3) is 4.73. The highest BCUT2D eigenvalue weighted by atomic mass is 16.5. The lowest BCUT2D eigenvalue weighted by Gasteiger charge is -2.14. The lowest BCUT2D eigenvalue weighted by molar-refractivity contribution is -0.116. The number of nitrogens with zero attached hydrogens (tertiary/aromatic N) is 2. The maximum atomic E-state index is 13.3. The third-order valence-electron chi connectivity index (χ3n) is 5.46. The minimum absolute atomic E-state index is 0.0365. The van der Waals surface area contributed by atoms with Gasteiger partial charge in [0.1, 0.15) is 17.9 Å². The molecule has 0 saturated carbocycles. The maximum Gasteiger partial charge on any atom is 0.244 e. The normalized spacial score (nSPS) is 10.8. The summed E-state index contributed by atoms with van der Waals surface area (Å²) in [6, 6.07) is 15.8. The molecule has 0 bridgehead atoms. The zero-order valence-electron chi connectivity index (χ0n) is 19.5. The molecule has 0 aliphatic carbocycles. The summed E-state index contributed by atoms with van der Waals surface area (Å²) in [7, 11) is 1.51. The monoisotopic (exact) mass is 455 g/mol. The lowest BCUT2D eigenvalue weighted by atomic mass is 10.0. The van der Waals surface area contributed by atoms with Crippen molar-refractivity contribution in [3.8, 4) is 5.75 Å². The minimum Gasteiger partial charge on any atom is -0.497 e. The van der Waals surface area contributed by atoms with Gasteiger partial charge in [-0.2, -0.15) is 0 Å². The van der Waals surface area contributed by atoms with Crippen molar-refractivity contribution in [2.45, 2.75) is 27.3 Å². The minimum atomic E-state index is -0.449. The van der Waals surface area contributed by atoms with Crippen LogP contribution in [0.3, 0.4) is 0 Å². The Kier molecular flexibility index (Phi) is 6.27. The van der Waals surface area contributed by atoms with Gasteiger partial charge in [-0.3, -0.25) is 14.4 Å². The van der Waals surface area contributed by atoms with Gasteiger partial charge in [0.05, 0.1) is 18.1 Å². The first-order chi connectivity index (χ1) is 16.2. The molecule has 0 saturated heterocycles. The molecule has 0 atom stereocenters. The van der Waals surface area contributed by atoms with Crippen LogP contribution >= 0.6 is 0 Å². The Balaban J connectivity index is 1.76. The van der Waals surface area contributed by atoms with Crippen LogP contribution in [-0.2, 0) is 11.3 Å². The average Bonchev–Trinajstić information content (AvgIpc) is 2.79. The number of aryl methyl sites for hydroxylation is 3. The number of pyridine rings is 2. The molecular weight excluding hydrogens is 430 g/mol. The van der Waals surface area contributed by atoms with Crippen molar-refractivity contribution in [3.63, 3.8) is 0 Å². The molecule has 4 rings (SSSR count). The first-order valence-electron chi connectivity index (χ1n) is 10.8. The van der Waals surface area contributed by atoms with Gasteiger partial charge in [-0.25, -0.2) is 4.98 Å². The van der Waals surface area contributed by atoms with Gasteiger partial charge in [0.2, 0.25) is 11.3 Å². The fourth-order valence-corrected chi connectivity index (χ4v) is 3.96. The van der Waals surface area contributed by atoms with Crippen LogP contribution in [0.15, 0.2) is 65.6 Å². The zero-order valence-corrected chi connectivity index (χ0v) is 19.5. The average molecular weight is 456 g/mol. The Morgan fingerprint density at radius 2 is 1.74 bits per heavy atom. The van der Waals surface area contributed by atoms with Crippen molar-refractivity contribution in [1.82, 2.24) is 9.55 Å². The molecule has 0 radical (unpaired) electrons. The van der Waals surface area contributed by atoms with E-state index in [0.717, 1.165) is 11.1 Å². The zero-order chi connectivity index (χ0) is 24.4. The van der Waals surface area contributed by atoms with Gasteiger partial charge in [0.15, 0.2) is 5.78 Å². The molecule has 1 N–H and O–H groups in total. The first kappa shape index (κ1) is 22.9. The second-order valence-electron chi connectivity index (χ2n) is 8.31. The summed E-state index contributed by atoms with van der Waals surface area (Å²) in [5.41, 5.74) is 3.66. The molecule has 1 amide bonds. The van der Waals surface area contributed by atoms with Crippen molar-refractivity contribution in [2.24, 2.45) is 0 Å². The molecule has 2 heterocycles. The van der Waals surface area contributed by atoms with Gasteiger partial charge in [-0.15, -0.1) is 0 Å². The van der Waals surface area contributed by atoms with Crippen molar-refractivity contribution in [1.29, 1.82) is 0 Å². The van der Waals surface area contributed by atoms with E-state index in [2.05, 4.69) is 10.3 Å². The summed E-state index contributed by atoms with van der Waals surface area (Å²) in [5, 5.41) is 3.17. The van der Waals surface area contributed by atoms with E-state index in [1.807, 2.05) is 32.0 Å². The number of anilines is 1. The van der Waals surface area contributed by atoms with E-state index >= 15 is 0 Å². The Hall–Kier alpha value is -4.26. The van der Waals surface area contributed by atoms with Crippen LogP contribution < -0.4 is 15.5 Å². The van der Waals surface area contributed by atoms with Gasteiger partial charge >= 0.3 is 0 Å². The van der Waals surface area contributed by atoms with Crippen LogP contribution in [0.5, 0.6) is 5.75 Å². The Bertz CT molecular complexity index is 1470. The molecule has 2 aromatic heterocycles. The number of aromatic nitrogens is 2. The molecule has 0 spiro atoms. The molecule has 4 aromatic rings. The topological polar surface area (TPSA) is 90.3 Å². The summed E-state index contributed by atoms with van der Waals surface area (Å²) in [4.78, 5) is 43.9. The van der Waals surface area contributed by atoms with E-state index in [-0.39, 0.29) is 23.4 Å². The highest BCUT2D eigenvalue weighted by molar-refractivity contribution is 6.10. The van der Waals surface area contributed by atoms with E-state index in [9.17, 15) is 14.4 Å². The second-order valence-corrected chi connectivity index (χ2v) is 8.31. The van der Waals surface area contributed by atoms with Crippen molar-refractivity contribution in [2.75, 3.05) is 12.4 Å². The summed E-state index contributed by atoms with van der Waals surface area (Å²) in [6.45, 7) is 5.61. The number of benzene rings is 2. The molecule has 7 heteroatoms. The maximum absolute atomic E-state index is 13.3. The smallest absolute Gasteiger partial charge is 0.244 e. The van der Waals surface area contributed by atoms with Gasteiger partial charge < -0.3 is 14.6 Å². The van der Waals surface area contributed by atoms with Crippen molar-refractivity contribution in [3.05, 3.63) is 99.0 Å². The molecule has 7 nitrogen and oxygen atoms in total. The number of ketones is 1. The summed E-state index contributed by atoms with van der Waals surface area (Å²) in [6.07, 6.45) is 1.42. The summed E-state index contributed by atoms with van der Waals surface area (Å²) < 4.78 is 6.76. The van der Waals surface area contributed by atoms with E-state index in [1.54, 1.807) is 47.9 Å². The molecule has 172 valence electrons. The molecule has 0 unspecified atom stereocenters. The van der Waals surface area contributed by atoms with E-state index in [0.29, 0.717) is 28.3 Å². The predicted octanol–water partition coefficient (Wildman–Crippen LogP) is 4.20. The van der Waals surface area contributed by atoms with E-state index in [4.69, 9.17) is 4.74 Å². The molecule has 34 heavy (non-hydrogen) atoms. The largest absolute Gasteiger partial charge is 0.497 e. The Morgan fingerprint density at radius 3 is 2.44 bits per heavy atom. The fraction of sp³-hybridized carbons (Fsp3) is 0.185. The van der Waals surface area contributed by atoms with Gasteiger partial charge in [0.25, 0.3) is 0 Å². The van der Waals surface area contributed by atoms with Crippen LogP contribution in [0.1, 0.15) is 32.7 Å². The Labute approximate surface area is 197 Å². The number of hydrogen-bond donors (Lipinski definition) is 1. The van der Waals surface area contributed by atoms with Crippen LogP contribution in [-0.4, -0.2) is 28.4 Å². The number of hydrogen-bond acceptors (Lipinski definition) is 5. The number of amides is 1. The van der Waals surface area contributed by atoms with E-state index < -0.39 is 11.2 Å². The lowest BCUT2D eigenvalue weighted by Crippen LogP contribution is -2.25. The highest BCUT2D eigenvalue weighted by Gasteiger charge is 2.19. The summed E-state index contributed by atoms with van der Waals surface area (Å²) >= 11 is 0. The Morgan fingerprint density at radius 1 is 1.00 bits per heavy atom. The van der Waals surface area contributed by atoms with E-state index in [1.165, 1.54) is 13.3 Å². The quantitative estimate of drug-likeness (QED) is 0.440. The van der Waals surface area contributed by atoms with Gasteiger partial charge in [0, 0.05) is 23.1 Å². The van der Waals surface area contributed by atoms with Crippen molar-refractivity contribution >= 4 is 28.4 Å². The SMILES string of the molecule is COc1cccc(C(=O)c2cn(CC(=O)Nc3cc(C)cc(C)c3)c3nc(C)ccc3c2=O)c1. The van der Waals surface area contributed by atoms with Crippen LogP contribution in [0, 0.1) is 20.8 Å². The molecular formula is C27H25N3O4. The van der Waals surface area contributed by atoms with Crippen LogP contribution in [0.4, 0.5) is 5.69 Å². The number of carbonyl (C=O) groups is 2. The van der Waals surface area contributed by atoms with Crippen LogP contribution in [0.25, 0.3) is 11.0 Å². The van der Waals surface area contributed by atoms with Crippen molar-refractivity contribution < 1.29 is 14.3 Å². The highest BCUT2D eigenvalue weighted by Crippen LogP contribution is 2.18. The van der Waals surface area contributed by atoms with Gasteiger partial charge in [-0.05, 0) is 68.3 Å². The number of fused-ring (bicyclic) bond motifs is 1. The molecule has 0 aliphatic rings. The molecule has 2 aromatic carbocycles. The number of methoxy groups -OCH3 is 1. The standard InChI is InChI=1S/C27H25N3O4/c1-16-10-17(2)12-20(11-16)29-24(31)15-30-14-23(25(32)19-6-5-7-21(13-19)34-4)26(33)22-9-8-18(3)28-27(22)30/h5-14H,15H2,1-4H3,(H,29,31). The fourth-order valence-electron chi connectivity index (χ4n) is 3.96. The van der Waals surface area contributed by atoms with Crippen LogP contribution in [0.2, 0.25) is 0 Å². The predicted molar refractivity (Wildman–Crippen MR) is 132 cm³/mol. The number of carbonyl (C=O) groups excluding carboxylic acids is 2. The number of nitrogens with one attached hydrogen (secondary N) is 1. The second kappa shape index (κ2) is 9.31. The third-order valence-corrected chi connectivity index (χ3v) is 5.46. The number of ether oxygens (including phenoxy) is 1. The molecule has 0 fully saturated rings. The number of rotatable bonds is 6.